The van der Waals surface area contributed by atoms with E-state index in [1.807, 2.05) is 0 Å². The van der Waals surface area contributed by atoms with Gasteiger partial charge in [-0.15, -0.1) is 0 Å². The Hall–Kier alpha value is -0.370. The van der Waals surface area contributed by atoms with Gasteiger partial charge in [-0.2, -0.15) is 0 Å². The van der Waals surface area contributed by atoms with Crippen LogP contribution in [0.1, 0.15) is 46.5 Å². The normalized spacial score (nSPS) is 22.1. The third-order valence-corrected chi connectivity index (χ3v) is 2.97. The van der Waals surface area contributed by atoms with Gasteiger partial charge in [0.1, 0.15) is 5.78 Å². The zero-order valence-electron chi connectivity index (χ0n) is 9.10. The van der Waals surface area contributed by atoms with Crippen molar-refractivity contribution in [2.24, 2.45) is 0 Å². The molecule has 13 heavy (non-hydrogen) atoms. The predicted molar refractivity (Wildman–Crippen MR) is 54.8 cm³/mol. The highest BCUT2D eigenvalue weighted by atomic mass is 16.1. The summed E-state index contributed by atoms with van der Waals surface area (Å²) in [5.74, 6) is 0.400. The smallest absolute Gasteiger partial charge is 0.146 e. The van der Waals surface area contributed by atoms with Gasteiger partial charge in [0.2, 0.25) is 0 Å². The molecule has 0 atom stereocenters. The van der Waals surface area contributed by atoms with Gasteiger partial charge in [0, 0.05) is 12.0 Å². The average molecular weight is 183 g/mol. The molecule has 0 aromatic heterocycles. The van der Waals surface area contributed by atoms with Crippen LogP contribution in [-0.2, 0) is 4.79 Å². The third kappa shape index (κ3) is 2.80. The molecule has 0 spiro atoms. The van der Waals surface area contributed by atoms with E-state index < -0.39 is 0 Å². The molecule has 0 aromatic carbocycles. The first-order valence-electron chi connectivity index (χ1n) is 5.33. The van der Waals surface area contributed by atoms with Gasteiger partial charge in [-0.3, -0.25) is 9.69 Å². The quantitative estimate of drug-likeness (QED) is 0.666. The highest BCUT2D eigenvalue weighted by molar-refractivity contribution is 5.80. The van der Waals surface area contributed by atoms with Crippen LogP contribution in [-0.4, -0.2) is 29.3 Å². The van der Waals surface area contributed by atoms with Crippen molar-refractivity contribution >= 4 is 5.78 Å². The summed E-state index contributed by atoms with van der Waals surface area (Å²) in [6.07, 6.45) is 4.19. The molecule has 0 aliphatic carbocycles. The summed E-state index contributed by atoms with van der Waals surface area (Å²) in [7, 11) is 0. The first-order valence-corrected chi connectivity index (χ1v) is 5.33. The molecule has 0 unspecified atom stereocenters. The fraction of sp³-hybridized carbons (Fsp3) is 0.909. The van der Waals surface area contributed by atoms with Gasteiger partial charge < -0.3 is 0 Å². The summed E-state index contributed by atoms with van der Waals surface area (Å²) in [4.78, 5) is 13.8. The van der Waals surface area contributed by atoms with Gasteiger partial charge in [0.15, 0.2) is 0 Å². The Kier molecular flexibility index (Phi) is 3.48. The number of carbonyl (C=O) groups is 1. The molecule has 1 aliphatic heterocycles. The molecule has 2 nitrogen and oxygen atoms in total. The van der Waals surface area contributed by atoms with Crippen LogP contribution in [0.3, 0.4) is 0 Å². The Labute approximate surface area is 81.3 Å². The molecule has 0 bridgehead atoms. The van der Waals surface area contributed by atoms with Crippen molar-refractivity contribution in [3.05, 3.63) is 0 Å². The fourth-order valence-corrected chi connectivity index (χ4v) is 2.03. The van der Waals surface area contributed by atoms with Crippen molar-refractivity contribution in [1.82, 2.24) is 4.90 Å². The number of hydrogen-bond donors (Lipinski definition) is 0. The lowest BCUT2D eigenvalue weighted by atomic mass is 10.0. The van der Waals surface area contributed by atoms with Crippen LogP contribution in [0.25, 0.3) is 0 Å². The number of likely N-dealkylation sites (tertiary alicyclic amines) is 1. The van der Waals surface area contributed by atoms with E-state index in [4.69, 9.17) is 0 Å². The molecule has 1 fully saturated rings. The van der Waals surface area contributed by atoms with E-state index in [0.29, 0.717) is 12.3 Å². The van der Waals surface area contributed by atoms with E-state index in [1.54, 1.807) is 0 Å². The topological polar surface area (TPSA) is 20.3 Å². The summed E-state index contributed by atoms with van der Waals surface area (Å²) < 4.78 is 0. The van der Waals surface area contributed by atoms with E-state index in [9.17, 15) is 4.79 Å². The van der Waals surface area contributed by atoms with E-state index in [1.165, 1.54) is 12.8 Å². The Morgan fingerprint density at radius 3 is 2.62 bits per heavy atom. The maximum Gasteiger partial charge on any atom is 0.146 e. The van der Waals surface area contributed by atoms with E-state index in [-0.39, 0.29) is 5.54 Å². The molecule has 1 aliphatic rings. The lowest BCUT2D eigenvalue weighted by Gasteiger charge is -2.30. The van der Waals surface area contributed by atoms with Gasteiger partial charge >= 0.3 is 0 Å². The third-order valence-electron chi connectivity index (χ3n) is 2.97. The van der Waals surface area contributed by atoms with Gasteiger partial charge in [0.05, 0.1) is 6.54 Å². The lowest BCUT2D eigenvalue weighted by molar-refractivity contribution is -0.121. The largest absolute Gasteiger partial charge is 0.298 e. The van der Waals surface area contributed by atoms with Crippen LogP contribution in [0.4, 0.5) is 0 Å². The van der Waals surface area contributed by atoms with Crippen LogP contribution in [0.2, 0.25) is 0 Å². The minimum atomic E-state index is 0.253. The van der Waals surface area contributed by atoms with Crippen molar-refractivity contribution in [2.45, 2.75) is 52.0 Å². The molecule has 1 saturated heterocycles. The van der Waals surface area contributed by atoms with Crippen LogP contribution in [0, 0.1) is 0 Å². The minimum Gasteiger partial charge on any atom is -0.298 e. The Morgan fingerprint density at radius 2 is 2.15 bits per heavy atom. The Morgan fingerprint density at radius 1 is 1.46 bits per heavy atom. The van der Waals surface area contributed by atoms with Crippen LogP contribution in [0.15, 0.2) is 0 Å². The van der Waals surface area contributed by atoms with Gasteiger partial charge in [-0.05, 0) is 39.7 Å². The predicted octanol–water partition coefficient (Wildman–Crippen LogP) is 2.23. The highest BCUT2D eigenvalue weighted by Gasteiger charge is 2.32. The fourth-order valence-electron chi connectivity index (χ4n) is 2.03. The summed E-state index contributed by atoms with van der Waals surface area (Å²) >= 11 is 0. The molecule has 2 heteroatoms. The van der Waals surface area contributed by atoms with Gasteiger partial charge in [-0.25, -0.2) is 0 Å². The molecular weight excluding hydrogens is 162 g/mol. The summed E-state index contributed by atoms with van der Waals surface area (Å²) in [6.45, 7) is 8.30. The number of carbonyl (C=O) groups excluding carboxylic acids is 1. The highest BCUT2D eigenvalue weighted by Crippen LogP contribution is 2.27. The first kappa shape index (κ1) is 10.7. The molecule has 0 N–H and O–H groups in total. The van der Waals surface area contributed by atoms with Crippen molar-refractivity contribution in [3.8, 4) is 0 Å². The number of nitrogens with zero attached hydrogens (tertiary/aromatic N) is 1. The summed E-state index contributed by atoms with van der Waals surface area (Å²) in [6, 6.07) is 0. The van der Waals surface area contributed by atoms with Crippen molar-refractivity contribution in [3.63, 3.8) is 0 Å². The second-order valence-corrected chi connectivity index (χ2v) is 4.63. The van der Waals surface area contributed by atoms with Crippen molar-refractivity contribution in [1.29, 1.82) is 0 Å². The molecule has 76 valence electrons. The van der Waals surface area contributed by atoms with E-state index >= 15 is 0 Å². The van der Waals surface area contributed by atoms with E-state index in [0.717, 1.165) is 19.4 Å². The molecule has 1 rings (SSSR count). The second-order valence-electron chi connectivity index (χ2n) is 4.63. The molecular formula is C11H21NO. The number of hydrogen-bond acceptors (Lipinski definition) is 2. The zero-order valence-corrected chi connectivity index (χ0v) is 9.10. The Bertz CT molecular complexity index is 187. The minimum absolute atomic E-state index is 0.253. The zero-order chi connectivity index (χ0) is 9.90. The molecule has 0 radical (unpaired) electrons. The molecule has 0 saturated carbocycles. The maximum atomic E-state index is 11.4. The maximum absolute atomic E-state index is 11.4. The van der Waals surface area contributed by atoms with Crippen molar-refractivity contribution in [2.75, 3.05) is 13.1 Å². The molecule has 1 heterocycles. The summed E-state index contributed by atoms with van der Waals surface area (Å²) in [5, 5.41) is 0. The SMILES string of the molecule is CCCC(=O)CN1CCCC1(C)C. The lowest BCUT2D eigenvalue weighted by Crippen LogP contribution is -2.41. The number of rotatable bonds is 4. The Balaban J connectivity index is 2.40. The summed E-state index contributed by atoms with van der Waals surface area (Å²) in [5.41, 5.74) is 0.253. The van der Waals surface area contributed by atoms with Crippen LogP contribution in [0.5, 0.6) is 0 Å². The van der Waals surface area contributed by atoms with Crippen molar-refractivity contribution < 1.29 is 4.79 Å². The molecule has 0 amide bonds. The average Bonchev–Trinajstić information content (AvgIpc) is 2.31. The molecule has 0 aromatic rings. The monoisotopic (exact) mass is 183 g/mol. The van der Waals surface area contributed by atoms with Crippen LogP contribution >= 0.6 is 0 Å². The van der Waals surface area contributed by atoms with E-state index in [2.05, 4.69) is 25.7 Å². The number of ketones is 1. The van der Waals surface area contributed by atoms with Gasteiger partial charge in [-0.1, -0.05) is 6.92 Å². The second kappa shape index (κ2) is 4.23. The van der Waals surface area contributed by atoms with Crippen LogP contribution < -0.4 is 0 Å². The van der Waals surface area contributed by atoms with Gasteiger partial charge in [0.25, 0.3) is 0 Å². The number of Topliss-reactive ketones (excluding diaryl/α,β-unsaturated/α-hetero) is 1. The first-order chi connectivity index (χ1) is 6.06. The standard InChI is InChI=1S/C11H21NO/c1-4-6-10(13)9-12-8-5-7-11(12,2)3/h4-9H2,1-3H3.